The van der Waals surface area contributed by atoms with E-state index in [0.717, 1.165) is 0 Å². The van der Waals surface area contributed by atoms with Gasteiger partial charge >= 0.3 is 0 Å². The monoisotopic (exact) mass is 219 g/mol. The lowest BCUT2D eigenvalue weighted by molar-refractivity contribution is 0.101. The Morgan fingerprint density at radius 2 is 2.25 bits per heavy atom. The van der Waals surface area contributed by atoms with Crippen LogP contribution in [-0.2, 0) is 0 Å². The van der Waals surface area contributed by atoms with Gasteiger partial charge in [-0.1, -0.05) is 0 Å². The van der Waals surface area contributed by atoms with Crippen molar-refractivity contribution in [2.75, 3.05) is 20.3 Å². The van der Waals surface area contributed by atoms with Gasteiger partial charge in [-0.3, -0.25) is 4.79 Å². The summed E-state index contributed by atoms with van der Waals surface area (Å²) in [7, 11) is 1.53. The van der Waals surface area contributed by atoms with Crippen molar-refractivity contribution in [1.82, 2.24) is 0 Å². The maximum absolute atomic E-state index is 11.7. The minimum Gasteiger partial charge on any atom is -0.497 e. The molecule has 84 valence electrons. The Labute approximate surface area is 94.6 Å². The number of ether oxygens (including phenoxy) is 2. The third kappa shape index (κ3) is 2.74. The Hall–Kier alpha value is -2.02. The average molecular weight is 219 g/mol. The van der Waals surface area contributed by atoms with Crippen LogP contribution in [0.3, 0.4) is 0 Å². The molecule has 0 saturated heterocycles. The summed E-state index contributed by atoms with van der Waals surface area (Å²) in [4.78, 5) is 14.7. The van der Waals surface area contributed by atoms with E-state index in [2.05, 4.69) is 4.85 Å². The second-order valence-electron chi connectivity index (χ2n) is 3.03. The van der Waals surface area contributed by atoms with Gasteiger partial charge in [0, 0.05) is 0 Å². The molecule has 0 aliphatic carbocycles. The van der Waals surface area contributed by atoms with Crippen LogP contribution in [0.5, 0.6) is 11.5 Å². The molecule has 0 fully saturated rings. The lowest BCUT2D eigenvalue weighted by Crippen LogP contribution is -2.06. The normalized spacial score (nSPS) is 9.31. The smallest absolute Gasteiger partial charge is 0.276 e. The van der Waals surface area contributed by atoms with E-state index in [4.69, 9.17) is 16.0 Å². The van der Waals surface area contributed by atoms with Gasteiger partial charge in [0.05, 0.1) is 19.3 Å². The van der Waals surface area contributed by atoms with E-state index < -0.39 is 0 Å². The number of Topliss-reactive ketones (excluding diaryl/α,β-unsaturated/α-hetero) is 1. The molecule has 0 saturated carbocycles. The van der Waals surface area contributed by atoms with Crippen molar-refractivity contribution in [1.29, 1.82) is 0 Å². The first-order chi connectivity index (χ1) is 7.72. The fourth-order valence-electron chi connectivity index (χ4n) is 1.29. The van der Waals surface area contributed by atoms with Gasteiger partial charge < -0.3 is 14.3 Å². The minimum atomic E-state index is -0.252. The lowest BCUT2D eigenvalue weighted by atomic mass is 10.1. The second-order valence-corrected chi connectivity index (χ2v) is 3.03. The van der Waals surface area contributed by atoms with Crippen LogP contribution in [0, 0.1) is 6.57 Å². The molecule has 0 heterocycles. The fraction of sp³-hybridized carbons (Fsp3) is 0.333. The van der Waals surface area contributed by atoms with Gasteiger partial charge in [0.1, 0.15) is 11.5 Å². The molecule has 4 heteroatoms. The van der Waals surface area contributed by atoms with Crippen molar-refractivity contribution in [3.05, 3.63) is 35.2 Å². The molecule has 0 aliphatic heterocycles. The number of carbonyl (C=O) groups excluding carboxylic acids is 1. The molecule has 1 rings (SSSR count). The average Bonchev–Trinajstić information content (AvgIpc) is 2.30. The summed E-state index contributed by atoms with van der Waals surface area (Å²) in [5.41, 5.74) is 0.400. The van der Waals surface area contributed by atoms with Crippen LogP contribution in [0.25, 0.3) is 4.85 Å². The molecule has 1 aromatic carbocycles. The van der Waals surface area contributed by atoms with Crippen LogP contribution in [0.15, 0.2) is 18.2 Å². The molecule has 0 radical (unpaired) electrons. The van der Waals surface area contributed by atoms with E-state index in [9.17, 15) is 4.79 Å². The zero-order valence-electron chi connectivity index (χ0n) is 9.32. The molecule has 0 bridgehead atoms. The maximum Gasteiger partial charge on any atom is 0.276 e. The van der Waals surface area contributed by atoms with Crippen LogP contribution < -0.4 is 9.47 Å². The molecule has 0 amide bonds. The van der Waals surface area contributed by atoms with E-state index in [0.29, 0.717) is 23.7 Å². The van der Waals surface area contributed by atoms with Crippen molar-refractivity contribution in [2.24, 2.45) is 0 Å². The van der Waals surface area contributed by atoms with E-state index in [-0.39, 0.29) is 12.3 Å². The molecule has 0 aliphatic rings. The highest BCUT2D eigenvalue weighted by Gasteiger charge is 2.15. The van der Waals surface area contributed by atoms with Crippen molar-refractivity contribution >= 4 is 5.78 Å². The molecule has 0 N–H and O–H groups in total. The fourth-order valence-corrected chi connectivity index (χ4v) is 1.29. The Morgan fingerprint density at radius 1 is 1.50 bits per heavy atom. The Kier molecular flexibility index (Phi) is 4.34. The van der Waals surface area contributed by atoms with Gasteiger partial charge in [0.15, 0.2) is 0 Å². The molecular formula is C12H13NO3. The summed E-state index contributed by atoms with van der Waals surface area (Å²) in [5, 5.41) is 0. The number of hydrogen-bond donors (Lipinski definition) is 0. The molecule has 4 nitrogen and oxygen atoms in total. The topological polar surface area (TPSA) is 39.9 Å². The number of ketones is 1. The van der Waals surface area contributed by atoms with Gasteiger partial charge in [0.25, 0.3) is 6.54 Å². The SMILES string of the molecule is [C-]#[N+]CC(=O)c1cc(OC)ccc1OCC. The zero-order valence-corrected chi connectivity index (χ0v) is 9.32. The third-order valence-corrected chi connectivity index (χ3v) is 2.01. The number of carbonyl (C=O) groups is 1. The third-order valence-electron chi connectivity index (χ3n) is 2.01. The van der Waals surface area contributed by atoms with E-state index in [1.165, 1.54) is 7.11 Å². The van der Waals surface area contributed by atoms with Gasteiger partial charge in [-0.2, -0.15) is 0 Å². The van der Waals surface area contributed by atoms with Gasteiger partial charge in [-0.25, -0.2) is 6.57 Å². The Balaban J connectivity index is 3.10. The van der Waals surface area contributed by atoms with Crippen LogP contribution in [0.1, 0.15) is 17.3 Å². The molecule has 0 aromatic heterocycles. The standard InChI is InChI=1S/C12H13NO3/c1-4-16-12-6-5-9(15-3)7-10(12)11(14)8-13-2/h5-7H,4,8H2,1,3H3. The Morgan fingerprint density at radius 3 is 2.81 bits per heavy atom. The quantitative estimate of drug-likeness (QED) is 0.563. The molecule has 1 aromatic rings. The number of benzene rings is 1. The number of nitrogens with zero attached hydrogens (tertiary/aromatic N) is 1. The van der Waals surface area contributed by atoms with Crippen molar-refractivity contribution in [2.45, 2.75) is 6.92 Å². The molecule has 0 spiro atoms. The van der Waals surface area contributed by atoms with Crippen LogP contribution in [-0.4, -0.2) is 26.0 Å². The number of rotatable bonds is 5. The molecular weight excluding hydrogens is 206 g/mol. The first-order valence-corrected chi connectivity index (χ1v) is 4.90. The first kappa shape index (κ1) is 12.1. The highest BCUT2D eigenvalue weighted by Crippen LogP contribution is 2.24. The summed E-state index contributed by atoms with van der Waals surface area (Å²) in [6.45, 7) is 8.83. The van der Waals surface area contributed by atoms with Crippen LogP contribution in [0.4, 0.5) is 0 Å². The zero-order chi connectivity index (χ0) is 12.0. The van der Waals surface area contributed by atoms with E-state index >= 15 is 0 Å². The highest BCUT2D eigenvalue weighted by molar-refractivity contribution is 6.01. The van der Waals surface area contributed by atoms with Gasteiger partial charge in [-0.05, 0) is 25.1 Å². The number of hydrogen-bond acceptors (Lipinski definition) is 3. The van der Waals surface area contributed by atoms with Crippen LogP contribution in [0.2, 0.25) is 0 Å². The second kappa shape index (κ2) is 5.76. The van der Waals surface area contributed by atoms with Crippen molar-refractivity contribution in [3.8, 4) is 11.5 Å². The number of methoxy groups -OCH3 is 1. The highest BCUT2D eigenvalue weighted by atomic mass is 16.5. The van der Waals surface area contributed by atoms with E-state index in [1.807, 2.05) is 6.92 Å². The molecule has 0 unspecified atom stereocenters. The molecule has 16 heavy (non-hydrogen) atoms. The molecule has 0 atom stereocenters. The summed E-state index contributed by atoms with van der Waals surface area (Å²) in [6, 6.07) is 5.00. The lowest BCUT2D eigenvalue weighted by Gasteiger charge is -2.09. The summed E-state index contributed by atoms with van der Waals surface area (Å²) in [6.07, 6.45) is 0. The van der Waals surface area contributed by atoms with Gasteiger partial charge in [0.2, 0.25) is 5.78 Å². The largest absolute Gasteiger partial charge is 0.497 e. The van der Waals surface area contributed by atoms with E-state index in [1.54, 1.807) is 18.2 Å². The first-order valence-electron chi connectivity index (χ1n) is 4.90. The van der Waals surface area contributed by atoms with Gasteiger partial charge in [-0.15, -0.1) is 0 Å². The minimum absolute atomic E-state index is 0.173. The summed E-state index contributed by atoms with van der Waals surface area (Å²) < 4.78 is 10.4. The predicted molar refractivity (Wildman–Crippen MR) is 60.0 cm³/mol. The van der Waals surface area contributed by atoms with Crippen molar-refractivity contribution < 1.29 is 14.3 Å². The van der Waals surface area contributed by atoms with Crippen molar-refractivity contribution in [3.63, 3.8) is 0 Å². The Bertz CT molecular complexity index is 421. The maximum atomic E-state index is 11.7. The summed E-state index contributed by atoms with van der Waals surface area (Å²) >= 11 is 0. The summed E-state index contributed by atoms with van der Waals surface area (Å²) in [5.74, 6) is 0.825. The predicted octanol–water partition coefficient (Wildman–Crippen LogP) is 2.20. The van der Waals surface area contributed by atoms with Crippen LogP contribution >= 0.6 is 0 Å².